The molecule has 2 aromatic rings. The van der Waals surface area contributed by atoms with Crippen LogP contribution in [0, 0.1) is 5.92 Å². The highest BCUT2D eigenvalue weighted by atomic mass is 16.6. The molecule has 144 valence electrons. The number of nitrogens with one attached hydrogen (secondary N) is 1. The molecule has 6 nitrogen and oxygen atoms in total. The highest BCUT2D eigenvalue weighted by Crippen LogP contribution is 2.16. The van der Waals surface area contributed by atoms with Gasteiger partial charge in [-0.15, -0.1) is 0 Å². The highest BCUT2D eigenvalue weighted by Gasteiger charge is 2.26. The summed E-state index contributed by atoms with van der Waals surface area (Å²) in [5.41, 5.74) is 1.60. The van der Waals surface area contributed by atoms with Gasteiger partial charge in [-0.25, -0.2) is 4.79 Å². The lowest BCUT2D eigenvalue weighted by Gasteiger charge is -2.16. The number of aromatic hydroxyl groups is 1. The third-order valence-electron chi connectivity index (χ3n) is 4.27. The Labute approximate surface area is 159 Å². The van der Waals surface area contributed by atoms with Gasteiger partial charge in [0, 0.05) is 18.7 Å². The van der Waals surface area contributed by atoms with Crippen molar-refractivity contribution < 1.29 is 19.4 Å². The molecule has 1 aliphatic heterocycles. The second-order valence-corrected chi connectivity index (χ2v) is 6.41. The van der Waals surface area contributed by atoms with Crippen LogP contribution in [0.5, 0.6) is 5.75 Å². The summed E-state index contributed by atoms with van der Waals surface area (Å²) < 4.78 is 5.31. The van der Waals surface area contributed by atoms with Crippen LogP contribution >= 0.6 is 0 Å². The Morgan fingerprint density at radius 3 is 2.56 bits per heavy atom. The van der Waals surface area contributed by atoms with Gasteiger partial charge >= 0.3 is 6.09 Å². The molecular formula is C21H26N2O4. The van der Waals surface area contributed by atoms with Crippen LogP contribution in [0.15, 0.2) is 54.6 Å². The van der Waals surface area contributed by atoms with E-state index < -0.39 is 0 Å². The van der Waals surface area contributed by atoms with E-state index in [1.807, 2.05) is 37.4 Å². The van der Waals surface area contributed by atoms with Crippen molar-refractivity contribution in [1.82, 2.24) is 10.2 Å². The number of phenolic OH excluding ortho intramolecular Hbond substituents is 1. The minimum atomic E-state index is -0.197. The van der Waals surface area contributed by atoms with Crippen LogP contribution in [0.25, 0.3) is 0 Å². The quantitative estimate of drug-likeness (QED) is 0.791. The lowest BCUT2D eigenvalue weighted by Crippen LogP contribution is -2.30. The highest BCUT2D eigenvalue weighted by molar-refractivity contribution is 5.74. The molecule has 6 heteroatoms. The Balaban J connectivity index is 0.000000244. The first-order valence-corrected chi connectivity index (χ1v) is 8.96. The minimum Gasteiger partial charge on any atom is -0.508 e. The van der Waals surface area contributed by atoms with Crippen molar-refractivity contribution in [2.45, 2.75) is 13.0 Å². The summed E-state index contributed by atoms with van der Waals surface area (Å²) >= 11 is 0. The van der Waals surface area contributed by atoms with Crippen molar-refractivity contribution in [3.05, 3.63) is 65.7 Å². The number of phenols is 1. The van der Waals surface area contributed by atoms with Gasteiger partial charge in [0.05, 0.1) is 0 Å². The molecule has 0 aromatic heterocycles. The van der Waals surface area contributed by atoms with Crippen molar-refractivity contribution in [3.63, 3.8) is 0 Å². The largest absolute Gasteiger partial charge is 0.508 e. The van der Waals surface area contributed by atoms with Crippen molar-refractivity contribution in [2.75, 3.05) is 26.7 Å². The summed E-state index contributed by atoms with van der Waals surface area (Å²) in [6, 6.07) is 15.8. The zero-order valence-electron chi connectivity index (χ0n) is 15.5. The number of benzene rings is 2. The molecule has 1 heterocycles. The molecule has 1 aliphatic rings. The first-order chi connectivity index (χ1) is 13.1. The first kappa shape index (κ1) is 20.5. The standard InChI is InChI=1S/C14H20N2O2.C7H6O2/c1-15-9-13-7-8-16(10-13)14(17)18-11-12-5-3-2-4-6-12;8-5-6-1-3-7(9)4-2-6/h2-6,13,15H,7-11H2,1H3;1-5,9H. The lowest BCUT2D eigenvalue weighted by atomic mass is 10.1. The van der Waals surface area contributed by atoms with Crippen LogP contribution in [-0.4, -0.2) is 49.1 Å². The van der Waals surface area contributed by atoms with E-state index in [1.165, 1.54) is 12.1 Å². The van der Waals surface area contributed by atoms with Gasteiger partial charge in [-0.05, 0) is 55.8 Å². The van der Waals surface area contributed by atoms with E-state index in [1.54, 1.807) is 17.0 Å². The van der Waals surface area contributed by atoms with E-state index in [0.717, 1.165) is 37.9 Å². The number of carbonyl (C=O) groups is 2. The van der Waals surface area contributed by atoms with Crippen LogP contribution in [0.3, 0.4) is 0 Å². The molecular weight excluding hydrogens is 344 g/mol. The zero-order valence-corrected chi connectivity index (χ0v) is 15.5. The van der Waals surface area contributed by atoms with Crippen molar-refractivity contribution in [3.8, 4) is 5.75 Å². The maximum atomic E-state index is 11.9. The fourth-order valence-electron chi connectivity index (χ4n) is 2.82. The fraction of sp³-hybridized carbons (Fsp3) is 0.333. The monoisotopic (exact) mass is 370 g/mol. The van der Waals surface area contributed by atoms with Gasteiger partial charge in [-0.1, -0.05) is 30.3 Å². The predicted octanol–water partition coefficient (Wildman–Crippen LogP) is 3.07. The SMILES string of the molecule is CNCC1CCN(C(=O)OCc2ccccc2)C1.O=Cc1ccc(O)cc1. The Morgan fingerprint density at radius 1 is 1.22 bits per heavy atom. The summed E-state index contributed by atoms with van der Waals surface area (Å²) in [6.45, 7) is 2.92. The third-order valence-corrected chi connectivity index (χ3v) is 4.27. The molecule has 27 heavy (non-hydrogen) atoms. The third kappa shape index (κ3) is 7.11. The molecule has 0 bridgehead atoms. The average molecular weight is 370 g/mol. The number of rotatable bonds is 5. The molecule has 1 fully saturated rings. The van der Waals surface area contributed by atoms with Gasteiger partial charge in [-0.3, -0.25) is 4.79 Å². The number of hydrogen-bond acceptors (Lipinski definition) is 5. The van der Waals surface area contributed by atoms with Gasteiger partial charge < -0.3 is 20.1 Å². The van der Waals surface area contributed by atoms with Gasteiger partial charge in [-0.2, -0.15) is 0 Å². The molecule has 2 aromatic carbocycles. The van der Waals surface area contributed by atoms with Crippen molar-refractivity contribution in [1.29, 1.82) is 0 Å². The Morgan fingerprint density at radius 2 is 1.93 bits per heavy atom. The maximum absolute atomic E-state index is 11.9. The number of nitrogens with zero attached hydrogens (tertiary/aromatic N) is 1. The number of ether oxygens (including phenoxy) is 1. The van der Waals surface area contributed by atoms with Gasteiger partial charge in [0.15, 0.2) is 0 Å². The average Bonchev–Trinajstić information content (AvgIpc) is 3.17. The number of likely N-dealkylation sites (tertiary alicyclic amines) is 1. The number of aldehydes is 1. The van der Waals surface area contributed by atoms with Crippen molar-refractivity contribution >= 4 is 12.4 Å². The second-order valence-electron chi connectivity index (χ2n) is 6.41. The molecule has 1 amide bonds. The van der Waals surface area contributed by atoms with Gasteiger partial charge in [0.1, 0.15) is 18.6 Å². The minimum absolute atomic E-state index is 0.181. The van der Waals surface area contributed by atoms with E-state index in [4.69, 9.17) is 9.84 Å². The van der Waals surface area contributed by atoms with E-state index in [2.05, 4.69) is 5.32 Å². The molecule has 0 saturated carbocycles. The normalized spacial score (nSPS) is 15.6. The second kappa shape index (κ2) is 11.0. The summed E-state index contributed by atoms with van der Waals surface area (Å²) in [6.07, 6.45) is 1.60. The molecule has 1 saturated heterocycles. The lowest BCUT2D eigenvalue weighted by molar-refractivity contribution is 0.103. The van der Waals surface area contributed by atoms with Crippen LogP contribution in [0.2, 0.25) is 0 Å². The molecule has 0 spiro atoms. The molecule has 1 atom stereocenters. The van der Waals surface area contributed by atoms with E-state index in [-0.39, 0.29) is 11.8 Å². The molecule has 1 unspecified atom stereocenters. The van der Waals surface area contributed by atoms with Gasteiger partial charge in [0.2, 0.25) is 0 Å². The van der Waals surface area contributed by atoms with E-state index >= 15 is 0 Å². The fourth-order valence-corrected chi connectivity index (χ4v) is 2.82. The van der Waals surface area contributed by atoms with Crippen LogP contribution in [0.4, 0.5) is 4.79 Å². The van der Waals surface area contributed by atoms with Crippen LogP contribution in [-0.2, 0) is 11.3 Å². The summed E-state index contributed by atoms with van der Waals surface area (Å²) in [4.78, 5) is 23.7. The molecule has 3 rings (SSSR count). The topological polar surface area (TPSA) is 78.9 Å². The predicted molar refractivity (Wildman–Crippen MR) is 104 cm³/mol. The van der Waals surface area contributed by atoms with E-state index in [9.17, 15) is 9.59 Å². The number of amides is 1. The van der Waals surface area contributed by atoms with E-state index in [0.29, 0.717) is 18.1 Å². The number of carbonyl (C=O) groups excluding carboxylic acids is 2. The Hall–Kier alpha value is -2.86. The smallest absolute Gasteiger partial charge is 0.410 e. The Bertz CT molecular complexity index is 704. The maximum Gasteiger partial charge on any atom is 0.410 e. The molecule has 0 aliphatic carbocycles. The van der Waals surface area contributed by atoms with Crippen LogP contribution < -0.4 is 5.32 Å². The zero-order chi connectivity index (χ0) is 19.5. The summed E-state index contributed by atoms with van der Waals surface area (Å²) in [7, 11) is 1.94. The first-order valence-electron chi connectivity index (χ1n) is 8.96. The summed E-state index contributed by atoms with van der Waals surface area (Å²) in [5, 5.41) is 11.9. The summed E-state index contributed by atoms with van der Waals surface area (Å²) in [5.74, 6) is 0.736. The number of hydrogen-bond donors (Lipinski definition) is 2. The van der Waals surface area contributed by atoms with Gasteiger partial charge in [0.25, 0.3) is 0 Å². The molecule has 2 N–H and O–H groups in total. The van der Waals surface area contributed by atoms with Crippen LogP contribution in [0.1, 0.15) is 22.3 Å². The molecule has 0 radical (unpaired) electrons. The van der Waals surface area contributed by atoms with Crippen molar-refractivity contribution in [2.24, 2.45) is 5.92 Å². The Kier molecular flexibility index (Phi) is 8.32.